The van der Waals surface area contributed by atoms with Gasteiger partial charge in [0.2, 0.25) is 0 Å². The van der Waals surface area contributed by atoms with Crippen molar-refractivity contribution in [3.63, 3.8) is 0 Å². The Hall–Kier alpha value is -1.38. The molecule has 3 nitrogen and oxygen atoms in total. The molecular weight excluding hydrogens is 502 g/mol. The van der Waals surface area contributed by atoms with E-state index in [1.54, 1.807) is 0 Å². The molecule has 0 spiro atoms. The lowest BCUT2D eigenvalue weighted by molar-refractivity contribution is -0.157. The lowest BCUT2D eigenvalue weighted by atomic mass is 9.73. The number of aliphatic imine (C=N–C) groups is 1. The molecule has 3 heteroatoms. The van der Waals surface area contributed by atoms with Crippen molar-refractivity contribution in [1.82, 2.24) is 0 Å². The number of carbonyl (C=O) groups is 1. The van der Waals surface area contributed by atoms with Crippen LogP contribution in [0.4, 0.5) is 0 Å². The van der Waals surface area contributed by atoms with Crippen LogP contribution in [0.3, 0.4) is 0 Å². The molecule has 0 radical (unpaired) electrons. The Bertz CT molecular complexity index is 760. The third-order valence-electron chi connectivity index (χ3n) is 9.67. The summed E-state index contributed by atoms with van der Waals surface area (Å²) in [5, 5.41) is 0. The molecule has 0 aliphatic heterocycles. The molecule has 0 fully saturated rings. The van der Waals surface area contributed by atoms with Gasteiger partial charge in [0.25, 0.3) is 0 Å². The minimum atomic E-state index is 0.0159. The highest BCUT2D eigenvalue weighted by molar-refractivity contribution is 6.12. The molecule has 3 unspecified atom stereocenters. The fourth-order valence-corrected chi connectivity index (χ4v) is 6.84. The summed E-state index contributed by atoms with van der Waals surface area (Å²) in [6.45, 7) is 13.6. The summed E-state index contributed by atoms with van der Waals surface area (Å²) in [6, 6.07) is 0. The van der Waals surface area contributed by atoms with Gasteiger partial charge in [0.05, 0.1) is 5.71 Å². The largest absolute Gasteiger partial charge is 0.462 e. The highest BCUT2D eigenvalue weighted by Gasteiger charge is 2.35. The van der Waals surface area contributed by atoms with Crippen LogP contribution < -0.4 is 0 Å². The Morgan fingerprint density at radius 1 is 0.878 bits per heavy atom. The maximum absolute atomic E-state index is 13.0. The van der Waals surface area contributed by atoms with Crippen molar-refractivity contribution in [1.29, 1.82) is 0 Å². The quantitative estimate of drug-likeness (QED) is 0.0656. The Balaban J connectivity index is 2.71. The zero-order chi connectivity index (χ0) is 30.3. The van der Waals surface area contributed by atoms with Gasteiger partial charge in [0.1, 0.15) is 6.10 Å². The lowest BCUT2D eigenvalue weighted by Gasteiger charge is -2.37. The lowest BCUT2D eigenvalue weighted by Crippen LogP contribution is -2.37. The van der Waals surface area contributed by atoms with Gasteiger partial charge in [-0.15, -0.1) is 0 Å². The number of carbonyl (C=O) groups excluding carboxylic acids is 1. The van der Waals surface area contributed by atoms with E-state index in [1.165, 1.54) is 100 Å². The van der Waals surface area contributed by atoms with Gasteiger partial charge in [0.15, 0.2) is 0 Å². The van der Waals surface area contributed by atoms with Crippen molar-refractivity contribution in [2.45, 2.75) is 182 Å². The second kappa shape index (κ2) is 24.1. The van der Waals surface area contributed by atoms with Crippen LogP contribution >= 0.6 is 0 Å². The van der Waals surface area contributed by atoms with E-state index in [4.69, 9.17) is 9.73 Å². The number of esters is 1. The Labute approximate surface area is 256 Å². The summed E-state index contributed by atoms with van der Waals surface area (Å²) >= 11 is 0. The standard InChI is InChI=1S/C38H69NO2/c1-8-13-15-17-18-19-20-22-24-29-36(40)41-38(32(10-3)11-4)31(6)34-27-25-28-35(30-34)37(39-7)33(12-5)26-23-21-16-14-9-2/h12,28,31-32,34,38H,8-11,13-27,29-30H2,1-7H3/b33-12-,39-37?. The van der Waals surface area contributed by atoms with Crippen LogP contribution in [0.5, 0.6) is 0 Å². The molecule has 1 rings (SSSR count). The van der Waals surface area contributed by atoms with E-state index in [9.17, 15) is 4.79 Å². The topological polar surface area (TPSA) is 38.7 Å². The summed E-state index contributed by atoms with van der Waals surface area (Å²) in [6.07, 6.45) is 29.8. The van der Waals surface area contributed by atoms with E-state index in [1.807, 2.05) is 7.05 Å². The molecule has 0 aromatic heterocycles. The van der Waals surface area contributed by atoms with Crippen LogP contribution in [0.1, 0.15) is 176 Å². The summed E-state index contributed by atoms with van der Waals surface area (Å²) in [5.74, 6) is 1.34. The predicted octanol–water partition coefficient (Wildman–Crippen LogP) is 12.0. The van der Waals surface area contributed by atoms with E-state index in [0.717, 1.165) is 44.9 Å². The SMILES string of the molecule is C/C=C(/CCCCCCC)C(=NC)C1=CCCC(C(C)C(OC(=O)CCCCCCCCCCC)C(CC)CC)C1. The Morgan fingerprint density at radius 2 is 1.41 bits per heavy atom. The monoisotopic (exact) mass is 572 g/mol. The molecule has 0 saturated heterocycles. The molecule has 238 valence electrons. The number of hydrogen-bond donors (Lipinski definition) is 0. The zero-order valence-electron chi connectivity index (χ0n) is 28.6. The second-order valence-corrected chi connectivity index (χ2v) is 12.8. The highest BCUT2D eigenvalue weighted by Crippen LogP contribution is 2.38. The van der Waals surface area contributed by atoms with Crippen molar-refractivity contribution >= 4 is 11.7 Å². The van der Waals surface area contributed by atoms with Gasteiger partial charge >= 0.3 is 5.97 Å². The fourth-order valence-electron chi connectivity index (χ4n) is 6.84. The van der Waals surface area contributed by atoms with Crippen molar-refractivity contribution in [3.8, 4) is 0 Å². The average molecular weight is 572 g/mol. The first-order valence-corrected chi connectivity index (χ1v) is 18.0. The Kier molecular flexibility index (Phi) is 22.1. The number of nitrogens with zero attached hydrogens (tertiary/aromatic N) is 1. The van der Waals surface area contributed by atoms with Crippen LogP contribution in [0.2, 0.25) is 0 Å². The van der Waals surface area contributed by atoms with Crippen LogP contribution in [-0.4, -0.2) is 24.8 Å². The van der Waals surface area contributed by atoms with Crippen molar-refractivity contribution in [2.24, 2.45) is 22.7 Å². The summed E-state index contributed by atoms with van der Waals surface area (Å²) in [4.78, 5) is 17.9. The maximum Gasteiger partial charge on any atom is 0.306 e. The van der Waals surface area contributed by atoms with Gasteiger partial charge < -0.3 is 4.74 Å². The molecule has 0 N–H and O–H groups in total. The van der Waals surface area contributed by atoms with Gasteiger partial charge in [-0.05, 0) is 87.2 Å². The minimum absolute atomic E-state index is 0.0159. The van der Waals surface area contributed by atoms with Crippen molar-refractivity contribution < 1.29 is 9.53 Å². The molecular formula is C38H69NO2. The van der Waals surface area contributed by atoms with Crippen LogP contribution in [0, 0.1) is 17.8 Å². The molecule has 1 aliphatic rings. The van der Waals surface area contributed by atoms with E-state index < -0.39 is 0 Å². The highest BCUT2D eigenvalue weighted by atomic mass is 16.5. The van der Waals surface area contributed by atoms with E-state index >= 15 is 0 Å². The van der Waals surface area contributed by atoms with Crippen molar-refractivity contribution in [2.75, 3.05) is 7.05 Å². The van der Waals surface area contributed by atoms with Gasteiger partial charge in [0, 0.05) is 13.5 Å². The summed E-state index contributed by atoms with van der Waals surface area (Å²) < 4.78 is 6.36. The smallest absolute Gasteiger partial charge is 0.306 e. The minimum Gasteiger partial charge on any atom is -0.462 e. The van der Waals surface area contributed by atoms with Gasteiger partial charge in [-0.3, -0.25) is 9.79 Å². The zero-order valence-corrected chi connectivity index (χ0v) is 28.6. The van der Waals surface area contributed by atoms with E-state index in [0.29, 0.717) is 24.2 Å². The third-order valence-corrected chi connectivity index (χ3v) is 9.67. The van der Waals surface area contributed by atoms with Gasteiger partial charge in [-0.25, -0.2) is 0 Å². The summed E-state index contributed by atoms with van der Waals surface area (Å²) in [7, 11) is 1.96. The average Bonchev–Trinajstić information content (AvgIpc) is 2.99. The molecule has 0 aromatic carbocycles. The second-order valence-electron chi connectivity index (χ2n) is 12.8. The molecule has 0 saturated carbocycles. The number of unbranched alkanes of at least 4 members (excludes halogenated alkanes) is 12. The summed E-state index contributed by atoms with van der Waals surface area (Å²) in [5.41, 5.74) is 4.05. The molecule has 1 aliphatic carbocycles. The Morgan fingerprint density at radius 3 is 1.93 bits per heavy atom. The first-order chi connectivity index (χ1) is 20.0. The molecule has 3 atom stereocenters. The first-order valence-electron chi connectivity index (χ1n) is 18.0. The number of hydrogen-bond acceptors (Lipinski definition) is 3. The van der Waals surface area contributed by atoms with E-state index in [-0.39, 0.29) is 12.1 Å². The molecule has 0 amide bonds. The number of rotatable bonds is 24. The van der Waals surface area contributed by atoms with Crippen LogP contribution in [-0.2, 0) is 9.53 Å². The number of allylic oxidation sites excluding steroid dienone is 4. The van der Waals surface area contributed by atoms with Crippen LogP contribution in [0.15, 0.2) is 28.3 Å². The van der Waals surface area contributed by atoms with Crippen molar-refractivity contribution in [3.05, 3.63) is 23.3 Å². The maximum atomic E-state index is 13.0. The molecule has 41 heavy (non-hydrogen) atoms. The number of ether oxygens (including phenoxy) is 1. The molecule has 0 aromatic rings. The fraction of sp³-hybridized carbons (Fsp3) is 0.842. The van der Waals surface area contributed by atoms with Gasteiger partial charge in [-0.1, -0.05) is 124 Å². The van der Waals surface area contributed by atoms with Gasteiger partial charge in [-0.2, -0.15) is 0 Å². The molecule has 0 heterocycles. The normalized spacial score (nSPS) is 18.0. The first kappa shape index (κ1) is 37.6. The third kappa shape index (κ3) is 15.1. The molecule has 0 bridgehead atoms. The predicted molar refractivity (Wildman–Crippen MR) is 181 cm³/mol. The van der Waals surface area contributed by atoms with Crippen LogP contribution in [0.25, 0.3) is 0 Å². The van der Waals surface area contributed by atoms with E-state index in [2.05, 4.69) is 53.7 Å².